The highest BCUT2D eigenvalue weighted by atomic mass is 32.2. The summed E-state index contributed by atoms with van der Waals surface area (Å²) in [4.78, 5) is 108. The molecule has 0 unspecified atom stereocenters. The Morgan fingerprint density at radius 1 is 0.500 bits per heavy atom. The van der Waals surface area contributed by atoms with Crippen molar-refractivity contribution in [2.45, 2.75) is 47.1 Å². The Hall–Kier alpha value is -6.14. The molecule has 18 heteroatoms. The minimum Gasteiger partial charge on any atom is -0.345 e. The van der Waals surface area contributed by atoms with E-state index in [2.05, 4.69) is 31.9 Å². The van der Waals surface area contributed by atoms with E-state index in [1.54, 1.807) is 72.8 Å². The topological polar surface area (TPSA) is 219 Å². The van der Waals surface area contributed by atoms with Crippen LogP contribution in [0.1, 0.15) is 23.2 Å². The van der Waals surface area contributed by atoms with Crippen molar-refractivity contribution >= 4 is 70.3 Å². The average molecular weight is 797 g/mol. The molecule has 16 nitrogen and oxygen atoms in total. The molecule has 56 heavy (non-hydrogen) atoms. The zero-order valence-electron chi connectivity index (χ0n) is 29.6. The molecule has 2 aromatic carbocycles. The highest BCUT2D eigenvalue weighted by molar-refractivity contribution is 7.99. The Morgan fingerprint density at radius 3 is 1.29 bits per heavy atom. The molecule has 0 spiro atoms. The molecule has 4 bridgehead atoms. The van der Waals surface area contributed by atoms with Gasteiger partial charge in [-0.2, -0.15) is 0 Å². The molecular formula is C38H36N8O8S2. The second-order valence-electron chi connectivity index (χ2n) is 13.2. The number of pyridine rings is 2. The van der Waals surface area contributed by atoms with Crippen molar-refractivity contribution in [2.24, 2.45) is 0 Å². The summed E-state index contributed by atoms with van der Waals surface area (Å²) >= 11 is 2.50. The van der Waals surface area contributed by atoms with Gasteiger partial charge in [-0.15, -0.1) is 23.5 Å². The molecule has 7 rings (SSSR count). The van der Waals surface area contributed by atoms with E-state index in [0.29, 0.717) is 21.2 Å². The summed E-state index contributed by atoms with van der Waals surface area (Å²) in [6.45, 7) is -1.06. The molecule has 0 saturated heterocycles. The third kappa shape index (κ3) is 8.40. The molecule has 4 atom stereocenters. The second kappa shape index (κ2) is 16.7. The number of nitrogens with one attached hydrogen (secondary N) is 6. The number of amides is 6. The largest absolute Gasteiger partial charge is 0.345 e. The van der Waals surface area contributed by atoms with Crippen LogP contribution >= 0.6 is 23.5 Å². The van der Waals surface area contributed by atoms with E-state index in [4.69, 9.17) is 0 Å². The van der Waals surface area contributed by atoms with Crippen LogP contribution in [0.4, 0.5) is 11.4 Å². The zero-order valence-corrected chi connectivity index (χ0v) is 31.2. The van der Waals surface area contributed by atoms with Gasteiger partial charge in [-0.1, -0.05) is 60.7 Å². The summed E-state index contributed by atoms with van der Waals surface area (Å²) in [5.41, 5.74) is -0.178. The smallest absolute Gasteiger partial charge is 0.275 e. The number of hydrogen-bond donors (Lipinski definition) is 6. The number of carbonyl (C=O) groups is 6. The number of rotatable bonds is 4. The van der Waals surface area contributed by atoms with Crippen LogP contribution in [0.5, 0.6) is 0 Å². The van der Waals surface area contributed by atoms with Crippen molar-refractivity contribution in [2.75, 3.05) is 35.2 Å². The first kappa shape index (κ1) is 38.1. The lowest BCUT2D eigenvalue weighted by Gasteiger charge is -2.21. The van der Waals surface area contributed by atoms with E-state index in [1.165, 1.54) is 44.8 Å². The van der Waals surface area contributed by atoms with Crippen LogP contribution in [0, 0.1) is 0 Å². The van der Waals surface area contributed by atoms with Gasteiger partial charge in [0.05, 0.1) is 23.1 Å². The summed E-state index contributed by atoms with van der Waals surface area (Å²) in [7, 11) is 0. The summed E-state index contributed by atoms with van der Waals surface area (Å²) < 4.78 is 2.47. The SMILES string of the molecule is O=C1CNC(=O)[C@@H]2CSc3ccc(c(=O)n32)NC(=O)[C@@H](Cc2ccccc2)NC(=O)CNC(=O)[C@@H]2CSc3ccc(c(=O)n32)NC(=O)[C@@H](Cc2ccccc2)N1. The lowest BCUT2D eigenvalue weighted by molar-refractivity contribution is -0.129. The predicted molar refractivity (Wildman–Crippen MR) is 208 cm³/mol. The molecule has 5 heterocycles. The van der Waals surface area contributed by atoms with E-state index in [1.807, 2.05) is 0 Å². The van der Waals surface area contributed by atoms with Crippen LogP contribution in [0.15, 0.2) is 105 Å². The summed E-state index contributed by atoms with van der Waals surface area (Å²) in [5, 5.41) is 16.5. The normalized spacial score (nSPS) is 21.8. The van der Waals surface area contributed by atoms with Gasteiger partial charge in [0, 0.05) is 24.3 Å². The Kier molecular flexibility index (Phi) is 11.4. The van der Waals surface area contributed by atoms with Crippen molar-refractivity contribution in [1.82, 2.24) is 30.4 Å². The molecule has 6 N–H and O–H groups in total. The Balaban J connectivity index is 1.20. The zero-order chi connectivity index (χ0) is 39.3. The maximum atomic E-state index is 13.8. The number of anilines is 2. The van der Waals surface area contributed by atoms with E-state index >= 15 is 0 Å². The van der Waals surface area contributed by atoms with Gasteiger partial charge in [-0.05, 0) is 35.4 Å². The molecule has 3 aliphatic rings. The third-order valence-corrected chi connectivity index (χ3v) is 11.6. The van der Waals surface area contributed by atoms with Crippen LogP contribution < -0.4 is 43.0 Å². The van der Waals surface area contributed by atoms with Gasteiger partial charge < -0.3 is 31.9 Å². The number of carbonyl (C=O) groups excluding carboxylic acids is 6. The van der Waals surface area contributed by atoms with Crippen molar-refractivity contribution in [3.8, 4) is 0 Å². The first-order chi connectivity index (χ1) is 27.0. The van der Waals surface area contributed by atoms with Crippen molar-refractivity contribution in [3.05, 3.63) is 117 Å². The molecule has 4 aromatic rings. The maximum absolute atomic E-state index is 13.8. The fourth-order valence-corrected chi connectivity index (χ4v) is 8.86. The van der Waals surface area contributed by atoms with Gasteiger partial charge in [0.15, 0.2) is 0 Å². The number of nitrogens with zero attached hydrogens (tertiary/aromatic N) is 2. The first-order valence-corrected chi connectivity index (χ1v) is 19.6. The molecule has 2 aromatic heterocycles. The fourth-order valence-electron chi connectivity index (χ4n) is 6.57. The summed E-state index contributed by atoms with van der Waals surface area (Å²) in [6.07, 6.45) is 0.0919. The minimum atomic E-state index is -1.18. The van der Waals surface area contributed by atoms with Crippen LogP contribution in [0.25, 0.3) is 0 Å². The highest BCUT2D eigenvalue weighted by Gasteiger charge is 2.34. The van der Waals surface area contributed by atoms with E-state index in [0.717, 1.165) is 0 Å². The van der Waals surface area contributed by atoms with E-state index < -0.39 is 83.8 Å². The standard InChI is InChI=1S/C38H36N8O8S2/c47-29-17-39-35(51)27-19-56-32-14-12-24(38(54)46(27)32)44-34(50)26(16-22-9-5-2-6-10-22)42-30(48)18-40-36(52)28-20-55-31-13-11-23(37(53)45(28)31)43-33(49)25(41-29)15-21-7-3-1-4-8-21/h1-14,25-28H,15-20H2,(H,39,51)(H,40,52)(H,41,47)(H,42,48)(H,43,49)(H,44,50)/t25-,26-,27+,28+/m1/s1. The molecule has 6 amide bonds. The molecule has 0 fully saturated rings. The van der Waals surface area contributed by atoms with Crippen LogP contribution in [-0.4, -0.2) is 81.3 Å². The molecule has 288 valence electrons. The van der Waals surface area contributed by atoms with Gasteiger partial charge >= 0.3 is 0 Å². The second-order valence-corrected chi connectivity index (χ2v) is 15.3. The van der Waals surface area contributed by atoms with Gasteiger partial charge in [0.1, 0.15) is 35.5 Å². The van der Waals surface area contributed by atoms with E-state index in [9.17, 15) is 38.4 Å². The first-order valence-electron chi connectivity index (χ1n) is 17.7. The van der Waals surface area contributed by atoms with Gasteiger partial charge in [-0.25, -0.2) is 0 Å². The molecule has 3 aliphatic heterocycles. The van der Waals surface area contributed by atoms with Gasteiger partial charge in [0.25, 0.3) is 11.1 Å². The number of thioether (sulfide) groups is 2. The number of benzene rings is 2. The fraction of sp³-hybridized carbons (Fsp3) is 0.263. The third-order valence-electron chi connectivity index (χ3n) is 9.40. The lowest BCUT2D eigenvalue weighted by atomic mass is 10.0. The molecule has 0 aliphatic carbocycles. The van der Waals surface area contributed by atoms with Crippen LogP contribution in [-0.2, 0) is 41.6 Å². The molecule has 0 saturated carbocycles. The molecule has 0 radical (unpaired) electrons. The Labute approximate surface area is 327 Å². The number of aromatic nitrogens is 2. The average Bonchev–Trinajstić information content (AvgIpc) is 3.84. The van der Waals surface area contributed by atoms with E-state index in [-0.39, 0.29) is 35.7 Å². The van der Waals surface area contributed by atoms with Crippen LogP contribution in [0.3, 0.4) is 0 Å². The Bertz CT molecular complexity index is 2170. The van der Waals surface area contributed by atoms with Crippen LogP contribution in [0.2, 0.25) is 0 Å². The Morgan fingerprint density at radius 2 is 0.893 bits per heavy atom. The summed E-state index contributed by atoms with van der Waals surface area (Å²) in [6, 6.07) is 19.4. The maximum Gasteiger partial charge on any atom is 0.275 e. The summed E-state index contributed by atoms with van der Waals surface area (Å²) in [5.74, 6) is -3.74. The van der Waals surface area contributed by atoms with Gasteiger partial charge in [0.2, 0.25) is 35.4 Å². The number of fused-ring (bicyclic) bond motifs is 2. The van der Waals surface area contributed by atoms with Crippen molar-refractivity contribution in [3.63, 3.8) is 0 Å². The van der Waals surface area contributed by atoms with Gasteiger partial charge in [-0.3, -0.25) is 47.5 Å². The number of hydrogen-bond acceptors (Lipinski definition) is 10. The predicted octanol–water partition coefficient (Wildman–Crippen LogP) is 0.582. The van der Waals surface area contributed by atoms with Crippen molar-refractivity contribution in [1.29, 1.82) is 0 Å². The molecular weight excluding hydrogens is 761 g/mol. The van der Waals surface area contributed by atoms with Crippen molar-refractivity contribution < 1.29 is 28.8 Å². The highest BCUT2D eigenvalue weighted by Crippen LogP contribution is 2.33. The quantitative estimate of drug-likeness (QED) is 0.169. The lowest BCUT2D eigenvalue weighted by Crippen LogP contribution is -2.50. The monoisotopic (exact) mass is 796 g/mol. The minimum absolute atomic E-state index is 0.0459.